The van der Waals surface area contributed by atoms with Crippen LogP contribution in [0.15, 0.2) is 30.3 Å². The Morgan fingerprint density at radius 3 is 1.96 bits per heavy atom. The zero-order chi connectivity index (χ0) is 19.1. The third-order valence-corrected chi connectivity index (χ3v) is 14.5. The third kappa shape index (κ3) is 6.64. The van der Waals surface area contributed by atoms with Gasteiger partial charge in [-0.05, 0) is 0 Å². The van der Waals surface area contributed by atoms with Crippen molar-refractivity contribution in [3.63, 3.8) is 0 Å². The molecule has 0 heterocycles. The van der Waals surface area contributed by atoms with Gasteiger partial charge in [-0.3, -0.25) is 0 Å². The number of hydrogen-bond donors (Lipinski definition) is 0. The Hall–Kier alpha value is 0.649. The summed E-state index contributed by atoms with van der Waals surface area (Å²) in [5.74, 6) is 0. The van der Waals surface area contributed by atoms with Gasteiger partial charge in [0.25, 0.3) is 0 Å². The fraction of sp³-hybridized carbons (Fsp3) is 0.625. The molecule has 2 atom stereocenters. The van der Waals surface area contributed by atoms with Crippen LogP contribution in [0.5, 0.6) is 0 Å². The van der Waals surface area contributed by atoms with Crippen LogP contribution in [0.3, 0.4) is 0 Å². The molecule has 0 bridgehead atoms. The molecular formula is C16H27ClO5P2Sn. The molecule has 142 valence electrons. The Morgan fingerprint density at radius 1 is 1.04 bits per heavy atom. The van der Waals surface area contributed by atoms with Gasteiger partial charge in [0, 0.05) is 0 Å². The fourth-order valence-corrected chi connectivity index (χ4v) is 16.5. The Labute approximate surface area is 165 Å². The van der Waals surface area contributed by atoms with E-state index in [0.717, 1.165) is 0 Å². The molecule has 0 N–H and O–H groups in total. The van der Waals surface area contributed by atoms with Gasteiger partial charge in [-0.2, -0.15) is 0 Å². The average molecular weight is 515 g/mol. The molecular weight excluding hydrogens is 488 g/mol. The van der Waals surface area contributed by atoms with E-state index >= 15 is 0 Å². The van der Waals surface area contributed by atoms with Gasteiger partial charge in [0.15, 0.2) is 0 Å². The van der Waals surface area contributed by atoms with Crippen molar-refractivity contribution in [1.29, 1.82) is 0 Å². The summed E-state index contributed by atoms with van der Waals surface area (Å²) in [6.07, 6.45) is -0.669. The molecule has 0 saturated heterocycles. The van der Waals surface area contributed by atoms with Crippen LogP contribution < -0.4 is 5.30 Å². The zero-order valence-electron chi connectivity index (χ0n) is 15.3. The minimum atomic E-state index is -3.71. The molecule has 25 heavy (non-hydrogen) atoms. The first-order chi connectivity index (χ1) is 11.7. The van der Waals surface area contributed by atoms with Gasteiger partial charge in [-0.25, -0.2) is 0 Å². The van der Waals surface area contributed by atoms with Crippen LogP contribution in [0.1, 0.15) is 34.6 Å². The fourth-order valence-electron chi connectivity index (χ4n) is 2.40. The number of benzene rings is 1. The predicted octanol–water partition coefficient (Wildman–Crippen LogP) is 5.27. The third-order valence-electron chi connectivity index (χ3n) is 3.17. The number of rotatable bonds is 11. The van der Waals surface area contributed by atoms with Crippen LogP contribution in [0.4, 0.5) is 0 Å². The molecule has 0 spiro atoms. The van der Waals surface area contributed by atoms with E-state index in [-0.39, 0.29) is 18.8 Å². The van der Waals surface area contributed by atoms with Gasteiger partial charge in [0.2, 0.25) is 0 Å². The monoisotopic (exact) mass is 516 g/mol. The second-order valence-electron chi connectivity index (χ2n) is 6.02. The first-order valence-electron chi connectivity index (χ1n) is 8.29. The van der Waals surface area contributed by atoms with Gasteiger partial charge in [0.1, 0.15) is 0 Å². The van der Waals surface area contributed by atoms with Crippen molar-refractivity contribution in [2.45, 2.75) is 56.7 Å². The second kappa shape index (κ2) is 10.8. The van der Waals surface area contributed by atoms with Gasteiger partial charge < -0.3 is 0 Å². The van der Waals surface area contributed by atoms with Crippen molar-refractivity contribution in [3.05, 3.63) is 30.3 Å². The molecule has 2 radical (unpaired) electrons. The van der Waals surface area contributed by atoms with E-state index in [0.29, 0.717) is 9.74 Å². The molecule has 1 rings (SSSR count). The van der Waals surface area contributed by atoms with Crippen LogP contribution >= 0.6 is 23.9 Å². The SMILES string of the molecule is CCOP(=O)(c1ccccc1)C([CH2][Sn][Cl])P(=O)(OC(C)C)OC(C)C. The standard InChI is InChI=1S/C16H27O5P2.ClH.Sn/c1-7-19-22(17,16-11-9-8-10-12-16)15(6)23(18,20-13(2)3)21-14(4)5;;/h8-15H,6-7H2,1-5H3;1H;/q;;+1/p-1. The van der Waals surface area contributed by atoms with E-state index < -0.39 is 40.4 Å². The second-order valence-corrected chi connectivity index (χ2v) is 14.9. The minimum absolute atomic E-state index is 0.235. The average Bonchev–Trinajstić information content (AvgIpc) is 2.51. The van der Waals surface area contributed by atoms with Crippen molar-refractivity contribution in [3.8, 4) is 0 Å². The summed E-state index contributed by atoms with van der Waals surface area (Å²) in [4.78, 5) is 0. The summed E-state index contributed by atoms with van der Waals surface area (Å²) < 4.78 is 45.2. The van der Waals surface area contributed by atoms with Crippen molar-refractivity contribution in [2.75, 3.05) is 6.61 Å². The maximum absolute atomic E-state index is 13.9. The zero-order valence-corrected chi connectivity index (χ0v) is 20.7. The Kier molecular flexibility index (Phi) is 10.3. The molecule has 0 aromatic heterocycles. The summed E-state index contributed by atoms with van der Waals surface area (Å²) in [6, 6.07) is 8.88. The molecule has 0 fully saturated rings. The first-order valence-corrected chi connectivity index (χ1v) is 17.2. The normalized spacial score (nSPS) is 16.2. The Balaban J connectivity index is 3.49. The van der Waals surface area contributed by atoms with E-state index in [1.54, 1.807) is 58.9 Å². The summed E-state index contributed by atoms with van der Waals surface area (Å²) in [5, 5.41) is -0.359. The van der Waals surface area contributed by atoms with Gasteiger partial charge in [0.05, 0.1) is 0 Å². The van der Waals surface area contributed by atoms with Crippen molar-refractivity contribution in [1.82, 2.24) is 0 Å². The molecule has 0 aliphatic heterocycles. The molecule has 0 saturated carbocycles. The van der Waals surface area contributed by atoms with Crippen LogP contribution in [-0.4, -0.2) is 44.2 Å². The van der Waals surface area contributed by atoms with E-state index in [9.17, 15) is 9.13 Å². The first kappa shape index (κ1) is 23.7. The van der Waals surface area contributed by atoms with E-state index in [1.165, 1.54) is 0 Å². The van der Waals surface area contributed by atoms with Gasteiger partial charge >= 0.3 is 166 Å². The van der Waals surface area contributed by atoms with E-state index in [2.05, 4.69) is 0 Å². The van der Waals surface area contributed by atoms with Crippen molar-refractivity contribution < 1.29 is 22.7 Å². The molecule has 2 unspecified atom stereocenters. The van der Waals surface area contributed by atoms with Gasteiger partial charge in [-0.1, -0.05) is 0 Å². The molecule has 1 aromatic carbocycles. The van der Waals surface area contributed by atoms with Crippen LogP contribution in [0.25, 0.3) is 0 Å². The van der Waals surface area contributed by atoms with E-state index in [1.807, 2.05) is 6.07 Å². The Bertz CT molecular complexity index is 598. The number of halogens is 1. The summed E-state index contributed by atoms with van der Waals surface area (Å²) in [5.41, 5.74) is 0. The summed E-state index contributed by atoms with van der Waals surface area (Å²) in [6.45, 7) is 9.12. The molecule has 0 aliphatic carbocycles. The van der Waals surface area contributed by atoms with Crippen LogP contribution in [0, 0.1) is 0 Å². The van der Waals surface area contributed by atoms with Crippen molar-refractivity contribution >= 4 is 49.2 Å². The molecule has 9 heteroatoms. The quantitative estimate of drug-likeness (QED) is 0.297. The molecule has 0 amide bonds. The maximum atomic E-state index is 13.9. The van der Waals surface area contributed by atoms with Crippen LogP contribution in [0.2, 0.25) is 4.44 Å². The molecule has 1 aromatic rings. The summed E-state index contributed by atoms with van der Waals surface area (Å²) >= 11 is -1.38. The summed E-state index contributed by atoms with van der Waals surface area (Å²) in [7, 11) is -1.06. The molecule has 0 aliphatic rings. The van der Waals surface area contributed by atoms with E-state index in [4.69, 9.17) is 22.5 Å². The van der Waals surface area contributed by atoms with Gasteiger partial charge in [-0.15, -0.1) is 0 Å². The topological polar surface area (TPSA) is 61.8 Å². The predicted molar refractivity (Wildman–Crippen MR) is 106 cm³/mol. The van der Waals surface area contributed by atoms with Crippen LogP contribution in [-0.2, 0) is 22.7 Å². The van der Waals surface area contributed by atoms with Crippen molar-refractivity contribution in [2.24, 2.45) is 0 Å². The molecule has 5 nitrogen and oxygen atoms in total. The Morgan fingerprint density at radius 2 is 1.56 bits per heavy atom. The number of hydrogen-bond acceptors (Lipinski definition) is 5.